The highest BCUT2D eigenvalue weighted by molar-refractivity contribution is 5.64. The van der Waals surface area contributed by atoms with Gasteiger partial charge in [-0.3, -0.25) is 0 Å². The molecule has 0 saturated heterocycles. The van der Waals surface area contributed by atoms with Gasteiger partial charge in [-0.15, -0.1) is 0 Å². The van der Waals surface area contributed by atoms with Crippen molar-refractivity contribution in [1.82, 2.24) is 9.78 Å². The summed E-state index contributed by atoms with van der Waals surface area (Å²) >= 11 is 0. The van der Waals surface area contributed by atoms with Gasteiger partial charge in [-0.25, -0.2) is 4.68 Å². The first-order valence-corrected chi connectivity index (χ1v) is 8.09. The highest BCUT2D eigenvalue weighted by Crippen LogP contribution is 2.28. The molecule has 0 radical (unpaired) electrons. The van der Waals surface area contributed by atoms with Gasteiger partial charge in [0.25, 0.3) is 0 Å². The van der Waals surface area contributed by atoms with Gasteiger partial charge in [-0.05, 0) is 48.9 Å². The largest absolute Gasteiger partial charge is 0.497 e. The molecule has 1 atom stereocenters. The van der Waals surface area contributed by atoms with E-state index in [1.807, 2.05) is 49.4 Å². The van der Waals surface area contributed by atoms with Gasteiger partial charge >= 0.3 is 0 Å². The first-order chi connectivity index (χ1) is 12.2. The number of rotatable bonds is 5. The zero-order chi connectivity index (χ0) is 17.8. The van der Waals surface area contributed by atoms with Crippen LogP contribution in [-0.4, -0.2) is 22.0 Å². The Morgan fingerprint density at radius 2 is 1.84 bits per heavy atom. The van der Waals surface area contributed by atoms with Crippen molar-refractivity contribution in [2.75, 3.05) is 7.11 Å². The summed E-state index contributed by atoms with van der Waals surface area (Å²) in [5.74, 6) is 0.768. The van der Waals surface area contributed by atoms with E-state index in [4.69, 9.17) is 10.00 Å². The van der Waals surface area contributed by atoms with Crippen molar-refractivity contribution >= 4 is 0 Å². The third-order valence-electron chi connectivity index (χ3n) is 4.08. The van der Waals surface area contributed by atoms with Gasteiger partial charge in [0.15, 0.2) is 0 Å². The van der Waals surface area contributed by atoms with Crippen LogP contribution in [-0.2, 0) is 0 Å². The number of aliphatic hydroxyl groups is 1. The SMILES string of the molecule is CCC(O)c1cc(-c2ccc(C#N)cc2)n(-c2ccc(OC)cc2)n1. The van der Waals surface area contributed by atoms with Crippen molar-refractivity contribution in [3.05, 3.63) is 65.9 Å². The molecule has 5 nitrogen and oxygen atoms in total. The summed E-state index contributed by atoms with van der Waals surface area (Å²) in [5, 5.41) is 23.8. The number of hydrogen-bond donors (Lipinski definition) is 1. The maximum absolute atomic E-state index is 10.2. The second-order valence-corrected chi connectivity index (χ2v) is 5.68. The summed E-state index contributed by atoms with van der Waals surface area (Å²) < 4.78 is 7.01. The molecule has 2 aromatic carbocycles. The molecule has 0 fully saturated rings. The van der Waals surface area contributed by atoms with Crippen molar-refractivity contribution in [3.63, 3.8) is 0 Å². The Morgan fingerprint density at radius 1 is 1.16 bits per heavy atom. The van der Waals surface area contributed by atoms with Gasteiger partial charge < -0.3 is 9.84 Å². The molecule has 25 heavy (non-hydrogen) atoms. The van der Waals surface area contributed by atoms with Crippen LogP contribution in [0, 0.1) is 11.3 Å². The molecule has 0 aliphatic heterocycles. The van der Waals surface area contributed by atoms with Crippen molar-refractivity contribution in [3.8, 4) is 28.8 Å². The number of ether oxygens (including phenoxy) is 1. The third-order valence-corrected chi connectivity index (χ3v) is 4.08. The zero-order valence-electron chi connectivity index (χ0n) is 14.2. The highest BCUT2D eigenvalue weighted by atomic mass is 16.5. The predicted octanol–water partition coefficient (Wildman–Crippen LogP) is 3.86. The molecule has 0 aliphatic rings. The summed E-state index contributed by atoms with van der Waals surface area (Å²) in [5.41, 5.74) is 3.88. The van der Waals surface area contributed by atoms with Crippen LogP contribution in [0.25, 0.3) is 16.9 Å². The first kappa shape index (κ1) is 16.7. The molecule has 0 saturated carbocycles. The number of aliphatic hydroxyl groups excluding tert-OH is 1. The van der Waals surface area contributed by atoms with E-state index in [9.17, 15) is 5.11 Å². The summed E-state index contributed by atoms with van der Waals surface area (Å²) in [6.07, 6.45) is -0.0245. The van der Waals surface area contributed by atoms with E-state index in [2.05, 4.69) is 11.2 Å². The molecule has 1 unspecified atom stereocenters. The van der Waals surface area contributed by atoms with E-state index in [0.717, 1.165) is 22.7 Å². The van der Waals surface area contributed by atoms with Crippen LogP contribution in [0.5, 0.6) is 5.75 Å². The number of benzene rings is 2. The topological polar surface area (TPSA) is 71.1 Å². The fourth-order valence-corrected chi connectivity index (χ4v) is 2.61. The van der Waals surface area contributed by atoms with E-state index in [1.54, 1.807) is 23.9 Å². The fourth-order valence-electron chi connectivity index (χ4n) is 2.61. The van der Waals surface area contributed by atoms with Crippen molar-refractivity contribution in [1.29, 1.82) is 5.26 Å². The molecule has 1 heterocycles. The number of nitriles is 1. The molecule has 0 aliphatic carbocycles. The van der Waals surface area contributed by atoms with Gasteiger partial charge in [-0.1, -0.05) is 19.1 Å². The first-order valence-electron chi connectivity index (χ1n) is 8.09. The van der Waals surface area contributed by atoms with Gasteiger partial charge in [0.05, 0.1) is 41.9 Å². The molecule has 0 spiro atoms. The maximum atomic E-state index is 10.2. The normalized spacial score (nSPS) is 11.8. The zero-order valence-corrected chi connectivity index (χ0v) is 14.2. The van der Waals surface area contributed by atoms with E-state index < -0.39 is 6.10 Å². The third kappa shape index (κ3) is 3.39. The Kier molecular flexibility index (Phi) is 4.82. The Morgan fingerprint density at radius 3 is 2.40 bits per heavy atom. The Hall–Kier alpha value is -3.10. The van der Waals surface area contributed by atoms with Crippen molar-refractivity contribution < 1.29 is 9.84 Å². The molecule has 3 aromatic rings. The minimum atomic E-state index is -0.614. The number of methoxy groups -OCH3 is 1. The second-order valence-electron chi connectivity index (χ2n) is 5.68. The molecule has 126 valence electrons. The predicted molar refractivity (Wildman–Crippen MR) is 95.5 cm³/mol. The van der Waals surface area contributed by atoms with E-state index >= 15 is 0 Å². The van der Waals surface area contributed by atoms with Gasteiger partial charge in [-0.2, -0.15) is 10.4 Å². The smallest absolute Gasteiger partial charge is 0.119 e. The Labute approximate surface area is 146 Å². The molecule has 5 heteroatoms. The van der Waals surface area contributed by atoms with E-state index in [-0.39, 0.29) is 0 Å². The van der Waals surface area contributed by atoms with Crippen LogP contribution in [0.2, 0.25) is 0 Å². The fraction of sp³-hybridized carbons (Fsp3) is 0.200. The lowest BCUT2D eigenvalue weighted by Crippen LogP contribution is -2.01. The molecular formula is C20H19N3O2. The number of nitrogens with zero attached hydrogens (tertiary/aromatic N) is 3. The Bertz CT molecular complexity index is 890. The average Bonchev–Trinajstić information content (AvgIpc) is 3.13. The second kappa shape index (κ2) is 7.20. The van der Waals surface area contributed by atoms with Gasteiger partial charge in [0.1, 0.15) is 5.75 Å². The summed E-state index contributed by atoms with van der Waals surface area (Å²) in [6, 6.07) is 18.9. The summed E-state index contributed by atoms with van der Waals surface area (Å²) in [6.45, 7) is 1.92. The van der Waals surface area contributed by atoms with E-state index in [1.165, 1.54) is 0 Å². The molecule has 1 aromatic heterocycles. The van der Waals surface area contributed by atoms with Crippen molar-refractivity contribution in [2.24, 2.45) is 0 Å². The van der Waals surface area contributed by atoms with Crippen LogP contribution < -0.4 is 4.74 Å². The van der Waals surface area contributed by atoms with Crippen LogP contribution in [0.4, 0.5) is 0 Å². The highest BCUT2D eigenvalue weighted by Gasteiger charge is 2.16. The van der Waals surface area contributed by atoms with Crippen molar-refractivity contribution in [2.45, 2.75) is 19.4 Å². The quantitative estimate of drug-likeness (QED) is 0.769. The minimum absolute atomic E-state index is 0.590. The van der Waals surface area contributed by atoms with Crippen LogP contribution in [0.3, 0.4) is 0 Å². The van der Waals surface area contributed by atoms with Crippen LogP contribution >= 0.6 is 0 Å². The average molecular weight is 333 g/mol. The molecular weight excluding hydrogens is 314 g/mol. The molecule has 0 amide bonds. The monoisotopic (exact) mass is 333 g/mol. The maximum Gasteiger partial charge on any atom is 0.119 e. The molecule has 3 rings (SSSR count). The Balaban J connectivity index is 2.11. The lowest BCUT2D eigenvalue weighted by molar-refractivity contribution is 0.168. The van der Waals surface area contributed by atoms with Crippen LogP contribution in [0.1, 0.15) is 30.7 Å². The van der Waals surface area contributed by atoms with Gasteiger partial charge in [0.2, 0.25) is 0 Å². The summed E-state index contributed by atoms with van der Waals surface area (Å²) in [7, 11) is 1.63. The summed E-state index contributed by atoms with van der Waals surface area (Å²) in [4.78, 5) is 0. The molecule has 0 bridgehead atoms. The minimum Gasteiger partial charge on any atom is -0.497 e. The van der Waals surface area contributed by atoms with Crippen LogP contribution in [0.15, 0.2) is 54.6 Å². The van der Waals surface area contributed by atoms with E-state index in [0.29, 0.717) is 17.7 Å². The molecule has 1 N–H and O–H groups in total. The number of hydrogen-bond acceptors (Lipinski definition) is 4. The number of aromatic nitrogens is 2. The standard InChI is InChI=1S/C20H19N3O2/c1-3-20(24)18-12-19(15-6-4-14(13-21)5-7-15)23(22-18)16-8-10-17(25-2)11-9-16/h4-12,20,24H,3H2,1-2H3. The van der Waals surface area contributed by atoms with Gasteiger partial charge in [0, 0.05) is 5.56 Å². The lowest BCUT2D eigenvalue weighted by atomic mass is 10.1. The lowest BCUT2D eigenvalue weighted by Gasteiger charge is -2.09.